The molecule has 3 fully saturated rings. The number of likely N-dealkylation sites (tertiary alicyclic amines) is 1. The number of anilines is 1. The Morgan fingerprint density at radius 2 is 1.92 bits per heavy atom. The third-order valence-electron chi connectivity index (χ3n) is 7.68. The molecule has 0 saturated carbocycles. The lowest BCUT2D eigenvalue weighted by Crippen LogP contribution is -2.46. The number of rotatable bonds is 9. The molecular formula is C27H40N4O5. The van der Waals surface area contributed by atoms with Crippen LogP contribution in [-0.4, -0.2) is 98.6 Å². The van der Waals surface area contributed by atoms with Gasteiger partial charge in [-0.25, -0.2) is 0 Å². The van der Waals surface area contributed by atoms with Crippen LogP contribution in [0.4, 0.5) is 5.69 Å². The summed E-state index contributed by atoms with van der Waals surface area (Å²) in [5, 5.41) is 0. The van der Waals surface area contributed by atoms with E-state index in [0.29, 0.717) is 17.5 Å². The van der Waals surface area contributed by atoms with Gasteiger partial charge in [0, 0.05) is 44.5 Å². The zero-order chi connectivity index (χ0) is 26.0. The fraction of sp³-hybridized carbons (Fsp3) is 0.667. The van der Waals surface area contributed by atoms with Crippen molar-refractivity contribution in [2.24, 2.45) is 11.7 Å². The maximum atomic E-state index is 14.1. The number of carbonyl (C=O) groups excluding carboxylic acids is 3. The number of benzene rings is 1. The summed E-state index contributed by atoms with van der Waals surface area (Å²) in [6.07, 6.45) is 0.860. The van der Waals surface area contributed by atoms with E-state index < -0.39 is 24.0 Å². The van der Waals surface area contributed by atoms with E-state index in [-0.39, 0.29) is 36.9 Å². The van der Waals surface area contributed by atoms with Gasteiger partial charge < -0.3 is 25.0 Å². The molecule has 9 heteroatoms. The number of piperazine rings is 1. The van der Waals surface area contributed by atoms with Crippen LogP contribution in [0.5, 0.6) is 0 Å². The number of amides is 2. The lowest BCUT2D eigenvalue weighted by Gasteiger charge is -2.36. The summed E-state index contributed by atoms with van der Waals surface area (Å²) >= 11 is 0. The lowest BCUT2D eigenvalue weighted by molar-refractivity contribution is -0.138. The number of ether oxygens (including phenoxy) is 2. The molecule has 0 unspecified atom stereocenters. The van der Waals surface area contributed by atoms with Crippen molar-refractivity contribution in [2.75, 3.05) is 57.9 Å². The summed E-state index contributed by atoms with van der Waals surface area (Å²) in [5.41, 5.74) is 7.77. The Labute approximate surface area is 213 Å². The first-order chi connectivity index (χ1) is 17.2. The minimum atomic E-state index is -0.649. The molecule has 9 nitrogen and oxygen atoms in total. The highest BCUT2D eigenvalue weighted by molar-refractivity contribution is 5.99. The highest BCUT2D eigenvalue weighted by Crippen LogP contribution is 2.36. The molecule has 2 amide bonds. The van der Waals surface area contributed by atoms with Gasteiger partial charge in [0.15, 0.2) is 5.78 Å². The second kappa shape index (κ2) is 11.3. The van der Waals surface area contributed by atoms with Gasteiger partial charge in [0.1, 0.15) is 24.9 Å². The molecule has 4 atom stereocenters. The molecule has 4 rings (SSSR count). The first-order valence-electron chi connectivity index (χ1n) is 13.1. The van der Waals surface area contributed by atoms with Crippen LogP contribution in [0.25, 0.3) is 0 Å². The quantitative estimate of drug-likeness (QED) is 0.550. The number of Topliss-reactive ketones (excluding diaryl/α,β-unsaturated/α-hetero) is 1. The van der Waals surface area contributed by atoms with Crippen molar-refractivity contribution in [2.45, 2.75) is 57.8 Å². The first-order valence-corrected chi connectivity index (χ1v) is 13.1. The average molecular weight is 501 g/mol. The van der Waals surface area contributed by atoms with E-state index in [0.717, 1.165) is 44.8 Å². The summed E-state index contributed by atoms with van der Waals surface area (Å²) < 4.78 is 11.2. The Kier molecular flexibility index (Phi) is 8.32. The monoisotopic (exact) mass is 500 g/mol. The summed E-state index contributed by atoms with van der Waals surface area (Å²) in [6.45, 7) is 11.4. The molecular weight excluding hydrogens is 460 g/mol. The van der Waals surface area contributed by atoms with Crippen LogP contribution in [0.15, 0.2) is 18.2 Å². The van der Waals surface area contributed by atoms with Crippen molar-refractivity contribution in [1.82, 2.24) is 9.80 Å². The number of hydrogen-bond acceptors (Lipinski definition) is 7. The average Bonchev–Trinajstić information content (AvgIpc) is 3.42. The molecule has 1 aromatic rings. The minimum Gasteiger partial charge on any atom is -0.377 e. The molecule has 3 saturated heterocycles. The molecule has 0 aromatic heterocycles. The molecule has 3 aliphatic rings. The van der Waals surface area contributed by atoms with Crippen LogP contribution in [0.2, 0.25) is 0 Å². The third kappa shape index (κ3) is 5.28. The van der Waals surface area contributed by atoms with Crippen LogP contribution in [-0.2, 0) is 19.1 Å². The van der Waals surface area contributed by atoms with Gasteiger partial charge in [-0.2, -0.15) is 0 Å². The number of ketones is 1. The van der Waals surface area contributed by atoms with Crippen LogP contribution in [0, 0.1) is 5.92 Å². The summed E-state index contributed by atoms with van der Waals surface area (Å²) in [7, 11) is 1.57. The van der Waals surface area contributed by atoms with E-state index in [1.165, 1.54) is 0 Å². The van der Waals surface area contributed by atoms with Crippen molar-refractivity contribution in [3.8, 4) is 0 Å². The Bertz CT molecular complexity index is 975. The zero-order valence-electron chi connectivity index (χ0n) is 21.9. The number of hydrogen-bond donors (Lipinski definition) is 1. The number of nitrogens with zero attached hydrogens (tertiary/aromatic N) is 3. The van der Waals surface area contributed by atoms with Gasteiger partial charge in [-0.05, 0) is 49.1 Å². The van der Waals surface area contributed by atoms with Gasteiger partial charge >= 0.3 is 0 Å². The van der Waals surface area contributed by atoms with Crippen LogP contribution in [0.3, 0.4) is 0 Å². The smallest absolute Gasteiger partial charge is 0.249 e. The molecule has 198 valence electrons. The van der Waals surface area contributed by atoms with E-state index in [1.54, 1.807) is 18.1 Å². The van der Waals surface area contributed by atoms with Gasteiger partial charge in [-0.1, -0.05) is 20.8 Å². The SMILES string of the molecule is CCCN1CCN(c2ccc(C(N)=O)c([C@H](CC(C)C)C(=O)N3C[C@H](OC)[C@H]4OCC(=O)[C@H]43)c2)CC1. The fourth-order valence-electron chi connectivity index (χ4n) is 5.88. The number of nitrogens with two attached hydrogens (primary N) is 1. The largest absolute Gasteiger partial charge is 0.377 e. The predicted octanol–water partition coefficient (Wildman–Crippen LogP) is 1.64. The van der Waals surface area contributed by atoms with Crippen molar-refractivity contribution in [3.05, 3.63) is 29.3 Å². The van der Waals surface area contributed by atoms with E-state index in [1.807, 2.05) is 12.1 Å². The van der Waals surface area contributed by atoms with E-state index >= 15 is 0 Å². The highest BCUT2D eigenvalue weighted by Gasteiger charge is 2.53. The van der Waals surface area contributed by atoms with Crippen molar-refractivity contribution < 1.29 is 23.9 Å². The maximum Gasteiger partial charge on any atom is 0.249 e. The third-order valence-corrected chi connectivity index (χ3v) is 7.68. The van der Waals surface area contributed by atoms with Crippen LogP contribution < -0.4 is 10.6 Å². The standard InChI is InChI=1S/C27H40N4O5/c1-5-8-29-9-11-30(12-10-29)18-6-7-19(26(28)33)20(14-18)21(13-17(2)3)27(34)31-15-23(35-4)25-24(31)22(32)16-36-25/h6-7,14,17,21,23-25H,5,8-13,15-16H2,1-4H3,(H2,28,33)/t21-,23-,24+,25+/m0/s1. The molecule has 1 aromatic carbocycles. The van der Waals surface area contributed by atoms with Crippen LogP contribution in [0.1, 0.15) is 55.5 Å². The van der Waals surface area contributed by atoms with Gasteiger partial charge in [0.05, 0.1) is 12.5 Å². The zero-order valence-corrected chi connectivity index (χ0v) is 21.9. The molecule has 0 bridgehead atoms. The minimum absolute atomic E-state index is 0.0140. The van der Waals surface area contributed by atoms with Crippen molar-refractivity contribution >= 4 is 23.3 Å². The van der Waals surface area contributed by atoms with E-state index in [9.17, 15) is 14.4 Å². The Balaban J connectivity index is 1.67. The molecule has 0 radical (unpaired) electrons. The first kappa shape index (κ1) is 26.6. The molecule has 0 aliphatic carbocycles. The van der Waals surface area contributed by atoms with Gasteiger partial charge in [0.2, 0.25) is 11.8 Å². The molecule has 0 spiro atoms. The number of fused-ring (bicyclic) bond motifs is 1. The molecule has 3 heterocycles. The lowest BCUT2D eigenvalue weighted by atomic mass is 9.85. The number of carbonyl (C=O) groups is 3. The second-order valence-electron chi connectivity index (χ2n) is 10.6. The van der Waals surface area contributed by atoms with E-state index in [4.69, 9.17) is 15.2 Å². The predicted molar refractivity (Wildman–Crippen MR) is 137 cm³/mol. The summed E-state index contributed by atoms with van der Waals surface area (Å²) in [4.78, 5) is 45.6. The van der Waals surface area contributed by atoms with Gasteiger partial charge in [0.25, 0.3) is 0 Å². The molecule has 36 heavy (non-hydrogen) atoms. The Hall–Kier alpha value is -2.49. The Morgan fingerprint density at radius 3 is 2.53 bits per heavy atom. The second-order valence-corrected chi connectivity index (χ2v) is 10.6. The summed E-state index contributed by atoms with van der Waals surface area (Å²) in [6, 6.07) is 5.00. The maximum absolute atomic E-state index is 14.1. The normalized spacial score (nSPS) is 25.5. The molecule has 3 aliphatic heterocycles. The van der Waals surface area contributed by atoms with E-state index in [2.05, 4.69) is 30.6 Å². The van der Waals surface area contributed by atoms with Gasteiger partial charge in [-0.3, -0.25) is 19.3 Å². The fourth-order valence-corrected chi connectivity index (χ4v) is 5.88. The number of methoxy groups -OCH3 is 1. The van der Waals surface area contributed by atoms with Gasteiger partial charge in [-0.15, -0.1) is 0 Å². The Morgan fingerprint density at radius 1 is 1.19 bits per heavy atom. The van der Waals surface area contributed by atoms with Crippen molar-refractivity contribution in [3.63, 3.8) is 0 Å². The summed E-state index contributed by atoms with van der Waals surface area (Å²) in [5.74, 6) is -1.25. The topological polar surface area (TPSA) is 105 Å². The molecule has 2 N–H and O–H groups in total. The highest BCUT2D eigenvalue weighted by atomic mass is 16.5. The van der Waals surface area contributed by atoms with Crippen molar-refractivity contribution in [1.29, 1.82) is 0 Å². The van der Waals surface area contributed by atoms with Crippen LogP contribution >= 0.6 is 0 Å². The number of primary amides is 1.